The Morgan fingerprint density at radius 2 is 1.89 bits per heavy atom. The number of rotatable bonds is 9. The molecule has 5 nitrogen and oxygen atoms in total. The van der Waals surface area contributed by atoms with Crippen LogP contribution in [0, 0.1) is 13.8 Å². The zero-order valence-corrected chi connectivity index (χ0v) is 12.6. The van der Waals surface area contributed by atoms with Crippen LogP contribution in [0.3, 0.4) is 0 Å². The second-order valence-electron chi connectivity index (χ2n) is 4.27. The van der Waals surface area contributed by atoms with Crippen molar-refractivity contribution in [3.8, 4) is 0 Å². The maximum atomic E-state index is 6.01. The SMILES string of the molecule is COCCOCCCCNc1nc(C)nc(Cl)c1C. The van der Waals surface area contributed by atoms with Gasteiger partial charge in [0.05, 0.1) is 13.2 Å². The van der Waals surface area contributed by atoms with Gasteiger partial charge in [-0.2, -0.15) is 0 Å². The number of aryl methyl sites for hydroxylation is 1. The Labute approximate surface area is 119 Å². The number of nitrogens with zero attached hydrogens (tertiary/aromatic N) is 2. The van der Waals surface area contributed by atoms with E-state index in [0.29, 0.717) is 24.2 Å². The van der Waals surface area contributed by atoms with E-state index in [1.807, 2.05) is 13.8 Å². The van der Waals surface area contributed by atoms with Crippen molar-refractivity contribution in [3.05, 3.63) is 16.5 Å². The Morgan fingerprint density at radius 3 is 2.63 bits per heavy atom. The molecule has 0 radical (unpaired) electrons. The fourth-order valence-electron chi connectivity index (χ4n) is 1.55. The summed E-state index contributed by atoms with van der Waals surface area (Å²) in [4.78, 5) is 8.44. The third-order valence-corrected chi connectivity index (χ3v) is 3.01. The van der Waals surface area contributed by atoms with Crippen molar-refractivity contribution >= 4 is 17.4 Å². The van der Waals surface area contributed by atoms with Gasteiger partial charge in [-0.1, -0.05) is 11.6 Å². The Morgan fingerprint density at radius 1 is 1.11 bits per heavy atom. The lowest BCUT2D eigenvalue weighted by Gasteiger charge is -2.10. The van der Waals surface area contributed by atoms with Crippen molar-refractivity contribution in [1.82, 2.24) is 9.97 Å². The molecule has 1 aromatic heterocycles. The van der Waals surface area contributed by atoms with Crippen LogP contribution in [0.4, 0.5) is 5.82 Å². The van der Waals surface area contributed by atoms with Crippen LogP contribution in [-0.2, 0) is 9.47 Å². The lowest BCUT2D eigenvalue weighted by molar-refractivity contribution is 0.0691. The van der Waals surface area contributed by atoms with Gasteiger partial charge in [0.1, 0.15) is 16.8 Å². The Kier molecular flexibility index (Phi) is 7.70. The fourth-order valence-corrected chi connectivity index (χ4v) is 1.76. The van der Waals surface area contributed by atoms with Crippen molar-refractivity contribution in [2.45, 2.75) is 26.7 Å². The van der Waals surface area contributed by atoms with Crippen LogP contribution in [-0.4, -0.2) is 43.4 Å². The summed E-state index contributed by atoms with van der Waals surface area (Å²) in [5, 5.41) is 3.79. The lowest BCUT2D eigenvalue weighted by atomic mass is 10.3. The maximum Gasteiger partial charge on any atom is 0.137 e. The highest BCUT2D eigenvalue weighted by molar-refractivity contribution is 6.30. The molecule has 19 heavy (non-hydrogen) atoms. The molecule has 1 N–H and O–H groups in total. The third kappa shape index (κ3) is 6.18. The molecule has 1 aromatic rings. The number of anilines is 1. The maximum absolute atomic E-state index is 6.01. The average molecular weight is 288 g/mol. The molecule has 0 aromatic carbocycles. The molecule has 0 saturated heterocycles. The first-order valence-electron chi connectivity index (χ1n) is 6.46. The molecule has 0 fully saturated rings. The number of unbranched alkanes of at least 4 members (excludes halogenated alkanes) is 1. The van der Waals surface area contributed by atoms with Crippen molar-refractivity contribution in [2.24, 2.45) is 0 Å². The van der Waals surface area contributed by atoms with Gasteiger partial charge in [0, 0.05) is 25.8 Å². The summed E-state index contributed by atoms with van der Waals surface area (Å²) in [6.07, 6.45) is 2.03. The number of methoxy groups -OCH3 is 1. The van der Waals surface area contributed by atoms with E-state index in [0.717, 1.165) is 37.4 Å². The normalized spacial score (nSPS) is 10.7. The summed E-state index contributed by atoms with van der Waals surface area (Å²) in [6.45, 7) is 6.66. The van der Waals surface area contributed by atoms with Gasteiger partial charge >= 0.3 is 0 Å². The summed E-state index contributed by atoms with van der Waals surface area (Å²) in [5.74, 6) is 1.50. The van der Waals surface area contributed by atoms with Crippen molar-refractivity contribution < 1.29 is 9.47 Å². The molecule has 6 heteroatoms. The number of ether oxygens (including phenoxy) is 2. The molecule has 0 aliphatic heterocycles. The zero-order valence-electron chi connectivity index (χ0n) is 11.8. The molecule has 1 heterocycles. The highest BCUT2D eigenvalue weighted by atomic mass is 35.5. The summed E-state index contributed by atoms with van der Waals surface area (Å²) < 4.78 is 10.3. The van der Waals surface area contributed by atoms with Crippen LogP contribution >= 0.6 is 11.6 Å². The van der Waals surface area contributed by atoms with Crippen LogP contribution in [0.25, 0.3) is 0 Å². The van der Waals surface area contributed by atoms with Crippen LogP contribution in [0.1, 0.15) is 24.2 Å². The van der Waals surface area contributed by atoms with E-state index in [1.165, 1.54) is 0 Å². The van der Waals surface area contributed by atoms with Gasteiger partial charge in [0.25, 0.3) is 0 Å². The predicted molar refractivity (Wildman–Crippen MR) is 76.9 cm³/mol. The molecule has 0 unspecified atom stereocenters. The van der Waals surface area contributed by atoms with Gasteiger partial charge in [-0.15, -0.1) is 0 Å². The number of hydrogen-bond acceptors (Lipinski definition) is 5. The number of halogens is 1. The van der Waals surface area contributed by atoms with E-state index < -0.39 is 0 Å². The summed E-state index contributed by atoms with van der Waals surface area (Å²) in [5.41, 5.74) is 0.892. The van der Waals surface area contributed by atoms with Gasteiger partial charge in [-0.3, -0.25) is 0 Å². The monoisotopic (exact) mass is 287 g/mol. The smallest absolute Gasteiger partial charge is 0.137 e. The molecule has 0 aliphatic carbocycles. The summed E-state index contributed by atoms with van der Waals surface area (Å²) >= 11 is 6.01. The first kappa shape index (κ1) is 16.1. The minimum Gasteiger partial charge on any atom is -0.382 e. The molecule has 0 atom stereocenters. The van der Waals surface area contributed by atoms with Gasteiger partial charge in [0.2, 0.25) is 0 Å². The van der Waals surface area contributed by atoms with E-state index in [9.17, 15) is 0 Å². The summed E-state index contributed by atoms with van der Waals surface area (Å²) in [6, 6.07) is 0. The zero-order chi connectivity index (χ0) is 14.1. The van der Waals surface area contributed by atoms with Crippen molar-refractivity contribution in [3.63, 3.8) is 0 Å². The molecular weight excluding hydrogens is 266 g/mol. The largest absolute Gasteiger partial charge is 0.382 e. The predicted octanol–water partition coefficient (Wildman–Crippen LogP) is 2.60. The number of hydrogen-bond donors (Lipinski definition) is 1. The molecule has 0 spiro atoms. The van der Waals surface area contributed by atoms with Gasteiger partial charge in [-0.05, 0) is 26.7 Å². The first-order chi connectivity index (χ1) is 9.15. The van der Waals surface area contributed by atoms with Gasteiger partial charge < -0.3 is 14.8 Å². The van der Waals surface area contributed by atoms with E-state index in [1.54, 1.807) is 7.11 Å². The topological polar surface area (TPSA) is 56.3 Å². The van der Waals surface area contributed by atoms with Crippen LogP contribution in [0.5, 0.6) is 0 Å². The minimum absolute atomic E-state index is 0.512. The first-order valence-corrected chi connectivity index (χ1v) is 6.84. The highest BCUT2D eigenvalue weighted by Crippen LogP contribution is 2.19. The van der Waals surface area contributed by atoms with Gasteiger partial charge in [-0.25, -0.2) is 9.97 Å². The molecule has 0 saturated carbocycles. The number of aromatic nitrogens is 2. The Bertz CT molecular complexity index is 388. The quantitative estimate of drug-likeness (QED) is 0.559. The van der Waals surface area contributed by atoms with E-state index in [4.69, 9.17) is 21.1 Å². The molecular formula is C13H22ClN3O2. The van der Waals surface area contributed by atoms with Crippen molar-refractivity contribution in [1.29, 1.82) is 0 Å². The van der Waals surface area contributed by atoms with E-state index in [2.05, 4.69) is 15.3 Å². The molecule has 108 valence electrons. The second-order valence-corrected chi connectivity index (χ2v) is 4.63. The standard InChI is InChI=1S/C13H22ClN3O2/c1-10-12(14)16-11(2)17-13(10)15-6-4-5-7-19-9-8-18-3/h4-9H2,1-3H3,(H,15,16,17). The molecule has 0 bridgehead atoms. The van der Waals surface area contributed by atoms with E-state index >= 15 is 0 Å². The second kappa shape index (κ2) is 9.07. The highest BCUT2D eigenvalue weighted by Gasteiger charge is 2.06. The van der Waals surface area contributed by atoms with E-state index in [-0.39, 0.29) is 0 Å². The van der Waals surface area contributed by atoms with Crippen molar-refractivity contribution in [2.75, 3.05) is 38.8 Å². The Balaban J connectivity index is 2.19. The Hall–Kier alpha value is -0.910. The van der Waals surface area contributed by atoms with Crippen LogP contribution in [0.15, 0.2) is 0 Å². The average Bonchev–Trinajstić information content (AvgIpc) is 2.38. The fraction of sp³-hybridized carbons (Fsp3) is 0.692. The van der Waals surface area contributed by atoms with Crippen LogP contribution in [0.2, 0.25) is 5.15 Å². The van der Waals surface area contributed by atoms with Crippen LogP contribution < -0.4 is 5.32 Å². The third-order valence-electron chi connectivity index (χ3n) is 2.64. The minimum atomic E-state index is 0.512. The molecule has 0 amide bonds. The summed E-state index contributed by atoms with van der Waals surface area (Å²) in [7, 11) is 1.67. The molecule has 0 aliphatic rings. The lowest BCUT2D eigenvalue weighted by Crippen LogP contribution is -2.09. The number of nitrogens with one attached hydrogen (secondary N) is 1. The molecule has 1 rings (SSSR count). The van der Waals surface area contributed by atoms with Gasteiger partial charge in [0.15, 0.2) is 0 Å².